The third-order valence-electron chi connectivity index (χ3n) is 5.43. The Morgan fingerprint density at radius 3 is 2.23 bits per heavy atom. The molecule has 0 heterocycles. The highest BCUT2D eigenvalue weighted by atomic mass is 35.5. The van der Waals surface area contributed by atoms with Crippen LogP contribution in [-0.4, -0.2) is 51.4 Å². The number of carbonyl (C=O) groups is 4. The quantitative estimate of drug-likeness (QED) is 0.116. The molecule has 11 nitrogen and oxygen atoms in total. The van der Waals surface area contributed by atoms with Gasteiger partial charge in [0.1, 0.15) is 18.1 Å². The van der Waals surface area contributed by atoms with Crippen molar-refractivity contribution in [2.45, 2.75) is 19.4 Å². The number of carbonyl (C=O) groups excluding carboxylic acids is 2. The van der Waals surface area contributed by atoms with Crippen LogP contribution in [0.15, 0.2) is 71.7 Å². The van der Waals surface area contributed by atoms with Crippen molar-refractivity contribution in [2.75, 3.05) is 6.54 Å². The Kier molecular flexibility index (Phi) is 11.1. The molecule has 0 unspecified atom stereocenters. The smallest absolute Gasteiger partial charge is 0.343 e. The van der Waals surface area contributed by atoms with E-state index in [9.17, 15) is 28.7 Å². The molecule has 3 rings (SSSR count). The Morgan fingerprint density at radius 2 is 1.62 bits per heavy atom. The molecule has 1 amide bonds. The Bertz CT molecular complexity index is 1430. The zero-order valence-corrected chi connectivity index (χ0v) is 21.8. The molecule has 0 aliphatic carbocycles. The summed E-state index contributed by atoms with van der Waals surface area (Å²) in [6, 6.07) is 15.5. The highest BCUT2D eigenvalue weighted by molar-refractivity contribution is 5.91. The van der Waals surface area contributed by atoms with E-state index in [1.165, 1.54) is 54.6 Å². The number of aryl methyl sites for hydroxylation is 1. The number of hydrogen-bond acceptors (Lipinski definition) is 6. The number of rotatable bonds is 11. The Labute approximate surface area is 234 Å². The van der Waals surface area contributed by atoms with Crippen LogP contribution in [0.25, 0.3) is 0 Å². The Morgan fingerprint density at radius 1 is 0.925 bits per heavy atom. The van der Waals surface area contributed by atoms with Gasteiger partial charge in [-0.2, -0.15) is 0 Å². The summed E-state index contributed by atoms with van der Waals surface area (Å²) in [6.45, 7) is -0.739. The molecule has 0 radical (unpaired) electrons. The van der Waals surface area contributed by atoms with Crippen molar-refractivity contribution >= 4 is 47.9 Å². The zero-order valence-electron chi connectivity index (χ0n) is 21.0. The van der Waals surface area contributed by atoms with Crippen LogP contribution in [0.5, 0.6) is 5.75 Å². The summed E-state index contributed by atoms with van der Waals surface area (Å²) in [5.74, 6) is -4.59. The standard InChI is InChI=1S/C27H25FN4O7.ClH/c28-22-13-21(39-26(38)18-4-8-20(9-5-18)31-27(29)30)10-6-17(22)7-11-23(33)32(15-24(34)35)14-16-2-1-3-19(12-16)25(36)37;/h1-6,8-10,12-13H,7,11,14-15H2,(H,34,35)(H,36,37)(H4,29,30,31);1H. The van der Waals surface area contributed by atoms with Gasteiger partial charge in [-0.15, -0.1) is 12.4 Å². The van der Waals surface area contributed by atoms with Crippen molar-refractivity contribution in [1.29, 1.82) is 0 Å². The number of nitrogens with zero attached hydrogens (tertiary/aromatic N) is 2. The average molecular weight is 573 g/mol. The first-order chi connectivity index (χ1) is 18.5. The van der Waals surface area contributed by atoms with Crippen LogP contribution in [0.2, 0.25) is 0 Å². The molecule has 0 aromatic heterocycles. The lowest BCUT2D eigenvalue weighted by atomic mass is 10.1. The fourth-order valence-electron chi connectivity index (χ4n) is 3.60. The number of carboxylic acids is 2. The van der Waals surface area contributed by atoms with Crippen molar-refractivity contribution in [3.63, 3.8) is 0 Å². The van der Waals surface area contributed by atoms with E-state index in [0.29, 0.717) is 11.3 Å². The molecular formula is C27H26ClFN4O7. The van der Waals surface area contributed by atoms with Crippen LogP contribution in [-0.2, 0) is 22.6 Å². The minimum Gasteiger partial charge on any atom is -0.480 e. The van der Waals surface area contributed by atoms with Gasteiger partial charge in [0.05, 0.1) is 16.8 Å². The van der Waals surface area contributed by atoms with Gasteiger partial charge < -0.3 is 31.3 Å². The molecule has 0 fully saturated rings. The maximum Gasteiger partial charge on any atom is 0.343 e. The molecule has 0 saturated carbocycles. The summed E-state index contributed by atoms with van der Waals surface area (Å²) in [5, 5.41) is 18.4. The van der Waals surface area contributed by atoms with Crippen molar-refractivity contribution < 1.29 is 38.5 Å². The van der Waals surface area contributed by atoms with Crippen molar-refractivity contribution in [1.82, 2.24) is 4.90 Å². The highest BCUT2D eigenvalue weighted by Gasteiger charge is 2.19. The molecule has 3 aromatic rings. The van der Waals surface area contributed by atoms with Gasteiger partial charge in [0.15, 0.2) is 5.96 Å². The van der Waals surface area contributed by atoms with Crippen LogP contribution in [0.3, 0.4) is 0 Å². The minimum absolute atomic E-state index is 0. The topological polar surface area (TPSA) is 186 Å². The van der Waals surface area contributed by atoms with Crippen LogP contribution < -0.4 is 16.2 Å². The van der Waals surface area contributed by atoms with Gasteiger partial charge in [-0.25, -0.2) is 19.0 Å². The van der Waals surface area contributed by atoms with Gasteiger partial charge in [-0.05, 0) is 60.0 Å². The van der Waals surface area contributed by atoms with E-state index in [2.05, 4.69) is 4.99 Å². The third kappa shape index (κ3) is 9.10. The van der Waals surface area contributed by atoms with Crippen molar-refractivity contribution in [3.8, 4) is 5.75 Å². The number of aliphatic imine (C=N–C) groups is 1. The van der Waals surface area contributed by atoms with Gasteiger partial charge >= 0.3 is 17.9 Å². The molecule has 0 aliphatic rings. The molecule has 0 spiro atoms. The van der Waals surface area contributed by atoms with Crippen LogP contribution >= 0.6 is 12.4 Å². The lowest BCUT2D eigenvalue weighted by Crippen LogP contribution is -2.35. The monoisotopic (exact) mass is 572 g/mol. The maximum atomic E-state index is 14.7. The number of amides is 1. The predicted molar refractivity (Wildman–Crippen MR) is 145 cm³/mol. The summed E-state index contributed by atoms with van der Waals surface area (Å²) in [5.41, 5.74) is 11.8. The number of guanidine groups is 1. The second-order valence-electron chi connectivity index (χ2n) is 8.38. The molecule has 3 aromatic carbocycles. The maximum absolute atomic E-state index is 14.7. The fraction of sp³-hybridized carbons (Fsp3) is 0.148. The highest BCUT2D eigenvalue weighted by Crippen LogP contribution is 2.21. The average Bonchev–Trinajstić information content (AvgIpc) is 2.87. The summed E-state index contributed by atoms with van der Waals surface area (Å²) >= 11 is 0. The molecule has 210 valence electrons. The molecule has 0 bridgehead atoms. The van der Waals surface area contributed by atoms with Gasteiger partial charge in [0, 0.05) is 19.0 Å². The number of hydrogen-bond donors (Lipinski definition) is 4. The van der Waals surface area contributed by atoms with Crippen molar-refractivity contribution in [2.24, 2.45) is 16.5 Å². The molecule has 6 N–H and O–H groups in total. The molecule has 13 heteroatoms. The van der Waals surface area contributed by atoms with Gasteiger partial charge in [0.25, 0.3) is 0 Å². The van der Waals surface area contributed by atoms with E-state index < -0.39 is 36.2 Å². The number of nitrogens with two attached hydrogens (primary N) is 2. The third-order valence-corrected chi connectivity index (χ3v) is 5.43. The summed E-state index contributed by atoms with van der Waals surface area (Å²) < 4.78 is 19.9. The van der Waals surface area contributed by atoms with E-state index in [1.807, 2.05) is 0 Å². The van der Waals surface area contributed by atoms with Crippen LogP contribution in [0.1, 0.15) is 38.3 Å². The van der Waals surface area contributed by atoms with Gasteiger partial charge in [-0.3, -0.25) is 9.59 Å². The molecule has 0 saturated heterocycles. The van der Waals surface area contributed by atoms with E-state index in [1.54, 1.807) is 6.07 Å². The molecule has 0 aliphatic heterocycles. The first-order valence-electron chi connectivity index (χ1n) is 11.5. The summed E-state index contributed by atoms with van der Waals surface area (Å²) in [7, 11) is 0. The number of halogens is 2. The zero-order chi connectivity index (χ0) is 28.5. The normalized spacial score (nSPS) is 10.1. The van der Waals surface area contributed by atoms with E-state index in [4.69, 9.17) is 21.3 Å². The van der Waals surface area contributed by atoms with Crippen LogP contribution in [0.4, 0.5) is 10.1 Å². The van der Waals surface area contributed by atoms with E-state index in [-0.39, 0.29) is 60.2 Å². The lowest BCUT2D eigenvalue weighted by molar-refractivity contribution is -0.144. The first-order valence-corrected chi connectivity index (χ1v) is 11.5. The lowest BCUT2D eigenvalue weighted by Gasteiger charge is -2.21. The second kappa shape index (κ2) is 14.3. The van der Waals surface area contributed by atoms with Gasteiger partial charge in [0.2, 0.25) is 5.91 Å². The van der Waals surface area contributed by atoms with Gasteiger partial charge in [-0.1, -0.05) is 18.2 Å². The fourth-order valence-corrected chi connectivity index (χ4v) is 3.60. The number of aliphatic carboxylic acids is 1. The molecule has 40 heavy (non-hydrogen) atoms. The molecule has 0 atom stereocenters. The number of carboxylic acid groups (broad SMARTS) is 2. The number of esters is 1. The van der Waals surface area contributed by atoms with Crippen LogP contribution in [0, 0.1) is 5.82 Å². The largest absolute Gasteiger partial charge is 0.480 e. The predicted octanol–water partition coefficient (Wildman–Crippen LogP) is 3.12. The minimum atomic E-state index is -1.25. The number of benzene rings is 3. The summed E-state index contributed by atoms with van der Waals surface area (Å²) in [6.07, 6.45) is -0.249. The van der Waals surface area contributed by atoms with Crippen molar-refractivity contribution in [3.05, 3.63) is 94.8 Å². The summed E-state index contributed by atoms with van der Waals surface area (Å²) in [4.78, 5) is 52.5. The molecular weight excluding hydrogens is 547 g/mol. The number of ether oxygens (including phenoxy) is 1. The van der Waals surface area contributed by atoms with E-state index >= 15 is 0 Å². The Hall–Kier alpha value is -4.97. The number of aromatic carboxylic acids is 1. The second-order valence-corrected chi connectivity index (χ2v) is 8.38. The SMILES string of the molecule is Cl.NC(N)=Nc1ccc(C(=O)Oc2ccc(CCC(=O)N(CC(=O)O)Cc3cccc(C(=O)O)c3)c(F)c2)cc1. The first kappa shape index (κ1) is 31.2. The Balaban J connectivity index is 0.00000560. The van der Waals surface area contributed by atoms with E-state index in [0.717, 1.165) is 11.0 Å².